The van der Waals surface area contributed by atoms with E-state index in [1.807, 2.05) is 31.2 Å². The highest BCUT2D eigenvalue weighted by molar-refractivity contribution is 5.87. The van der Waals surface area contributed by atoms with Gasteiger partial charge < -0.3 is 9.47 Å². The molecule has 20 heavy (non-hydrogen) atoms. The van der Waals surface area contributed by atoms with E-state index in [4.69, 9.17) is 9.47 Å². The molecule has 2 fully saturated rings. The maximum Gasteiger partial charge on any atom is 0.331 e. The fraction of sp³-hybridized carbons (Fsp3) is 0.471. The Morgan fingerprint density at radius 3 is 2.55 bits per heavy atom. The molecule has 0 aromatic heterocycles. The molecule has 0 bridgehead atoms. The van der Waals surface area contributed by atoms with E-state index in [0.29, 0.717) is 12.5 Å². The minimum Gasteiger partial charge on any atom is -0.494 e. The van der Waals surface area contributed by atoms with Crippen molar-refractivity contribution >= 4 is 12.0 Å². The third-order valence-electron chi connectivity index (χ3n) is 3.97. The number of ether oxygens (including phenoxy) is 2. The minimum atomic E-state index is -0.219. The number of esters is 1. The topological polar surface area (TPSA) is 35.5 Å². The molecular formula is C17H20O3. The quantitative estimate of drug-likeness (QED) is 0.586. The molecule has 1 aromatic carbocycles. The second kappa shape index (κ2) is 5.31. The summed E-state index contributed by atoms with van der Waals surface area (Å²) in [6, 6.07) is 7.67. The zero-order chi connectivity index (χ0) is 14.0. The van der Waals surface area contributed by atoms with Gasteiger partial charge in [-0.2, -0.15) is 0 Å². The third kappa shape index (κ3) is 3.03. The summed E-state index contributed by atoms with van der Waals surface area (Å²) in [6.45, 7) is 2.61. The van der Waals surface area contributed by atoms with Gasteiger partial charge in [-0.25, -0.2) is 4.79 Å². The first kappa shape index (κ1) is 13.2. The van der Waals surface area contributed by atoms with Gasteiger partial charge >= 0.3 is 5.97 Å². The molecule has 0 atom stereocenters. The number of hydrogen-bond acceptors (Lipinski definition) is 3. The molecule has 3 rings (SSSR count). The van der Waals surface area contributed by atoms with Crippen LogP contribution >= 0.6 is 0 Å². The molecule has 0 spiro atoms. The number of hydrogen-bond donors (Lipinski definition) is 0. The smallest absolute Gasteiger partial charge is 0.331 e. The molecule has 1 aromatic rings. The molecule has 0 aliphatic heterocycles. The molecule has 3 nitrogen and oxygen atoms in total. The molecular weight excluding hydrogens is 252 g/mol. The second-order valence-electron chi connectivity index (χ2n) is 5.60. The van der Waals surface area contributed by atoms with Crippen molar-refractivity contribution in [3.05, 3.63) is 35.9 Å². The summed E-state index contributed by atoms with van der Waals surface area (Å²) in [5.74, 6) is 1.26. The Kier molecular flexibility index (Phi) is 3.51. The number of rotatable bonds is 6. The van der Waals surface area contributed by atoms with Gasteiger partial charge in [-0.15, -0.1) is 0 Å². The van der Waals surface area contributed by atoms with Gasteiger partial charge in [0.25, 0.3) is 0 Å². The summed E-state index contributed by atoms with van der Waals surface area (Å²) < 4.78 is 11.0. The van der Waals surface area contributed by atoms with Crippen LogP contribution in [-0.2, 0) is 9.53 Å². The van der Waals surface area contributed by atoms with Crippen LogP contribution in [0.3, 0.4) is 0 Å². The van der Waals surface area contributed by atoms with Gasteiger partial charge in [-0.3, -0.25) is 0 Å². The van der Waals surface area contributed by atoms with Gasteiger partial charge in [0.2, 0.25) is 0 Å². The van der Waals surface area contributed by atoms with Crippen molar-refractivity contribution in [3.63, 3.8) is 0 Å². The summed E-state index contributed by atoms with van der Waals surface area (Å²) in [5, 5.41) is 0. The summed E-state index contributed by atoms with van der Waals surface area (Å²) >= 11 is 0. The lowest BCUT2D eigenvalue weighted by Crippen LogP contribution is -2.20. The molecule has 2 saturated carbocycles. The zero-order valence-corrected chi connectivity index (χ0v) is 11.8. The lowest BCUT2D eigenvalue weighted by Gasteiger charge is -2.13. The highest BCUT2D eigenvalue weighted by atomic mass is 16.6. The van der Waals surface area contributed by atoms with Crippen LogP contribution in [0.25, 0.3) is 6.08 Å². The van der Waals surface area contributed by atoms with Gasteiger partial charge in [0.15, 0.2) is 0 Å². The Labute approximate surface area is 119 Å². The summed E-state index contributed by atoms with van der Waals surface area (Å²) in [6.07, 6.45) is 7.84. The average molecular weight is 272 g/mol. The summed E-state index contributed by atoms with van der Waals surface area (Å²) in [4.78, 5) is 11.8. The maximum absolute atomic E-state index is 11.8. The van der Waals surface area contributed by atoms with Gasteiger partial charge in [0, 0.05) is 6.08 Å². The van der Waals surface area contributed by atoms with Crippen molar-refractivity contribution in [2.24, 2.45) is 5.92 Å². The first-order chi connectivity index (χ1) is 9.72. The van der Waals surface area contributed by atoms with Crippen molar-refractivity contribution < 1.29 is 14.3 Å². The monoisotopic (exact) mass is 272 g/mol. The predicted octanol–water partition coefficient (Wildman–Crippen LogP) is 3.58. The normalized spacial score (nSPS) is 19.9. The molecule has 2 aliphatic rings. The van der Waals surface area contributed by atoms with Gasteiger partial charge in [0.1, 0.15) is 11.4 Å². The van der Waals surface area contributed by atoms with E-state index >= 15 is 0 Å². The molecule has 0 amide bonds. The molecule has 0 unspecified atom stereocenters. The van der Waals surface area contributed by atoms with E-state index in [1.54, 1.807) is 6.08 Å². The average Bonchev–Trinajstić information content (AvgIpc) is 3.31. The number of carbonyl (C=O) groups excluding carboxylic acids is 1. The van der Waals surface area contributed by atoms with E-state index in [1.165, 1.54) is 18.9 Å². The van der Waals surface area contributed by atoms with Crippen molar-refractivity contribution in [1.82, 2.24) is 0 Å². The van der Waals surface area contributed by atoms with E-state index in [0.717, 1.165) is 24.2 Å². The highest BCUT2D eigenvalue weighted by Crippen LogP contribution is 2.56. The van der Waals surface area contributed by atoms with E-state index in [2.05, 4.69) is 0 Å². The molecule has 106 valence electrons. The largest absolute Gasteiger partial charge is 0.494 e. The first-order valence-electron chi connectivity index (χ1n) is 7.36. The zero-order valence-electron chi connectivity index (χ0n) is 11.8. The Morgan fingerprint density at radius 2 is 2.00 bits per heavy atom. The summed E-state index contributed by atoms with van der Waals surface area (Å²) in [5.41, 5.74) is 0.877. The SMILES string of the molecule is CCOc1ccc(/C=C/C(=O)OC2(C3CC3)CC2)cc1. The van der Waals surface area contributed by atoms with Crippen LogP contribution in [0, 0.1) is 5.92 Å². The molecule has 3 heteroatoms. The Bertz CT molecular complexity index is 508. The van der Waals surface area contributed by atoms with E-state index < -0.39 is 0 Å². The Hall–Kier alpha value is -1.77. The summed E-state index contributed by atoms with van der Waals surface area (Å²) in [7, 11) is 0. The Morgan fingerprint density at radius 1 is 1.30 bits per heavy atom. The molecule has 2 aliphatic carbocycles. The van der Waals surface area contributed by atoms with Crippen LogP contribution in [0.5, 0.6) is 5.75 Å². The van der Waals surface area contributed by atoms with Crippen LogP contribution < -0.4 is 4.74 Å². The van der Waals surface area contributed by atoms with Crippen molar-refractivity contribution in [2.45, 2.75) is 38.2 Å². The van der Waals surface area contributed by atoms with Crippen LogP contribution in [0.15, 0.2) is 30.3 Å². The van der Waals surface area contributed by atoms with Crippen LogP contribution in [0.1, 0.15) is 38.2 Å². The standard InChI is InChI=1S/C17H20O3/c1-2-19-15-8-3-13(4-9-15)5-10-16(18)20-17(11-12-17)14-6-7-14/h3-5,8-10,14H,2,6-7,11-12H2,1H3/b10-5+. The lowest BCUT2D eigenvalue weighted by molar-refractivity contribution is -0.146. The maximum atomic E-state index is 11.8. The van der Waals surface area contributed by atoms with E-state index in [9.17, 15) is 4.79 Å². The highest BCUT2D eigenvalue weighted by Gasteiger charge is 2.57. The van der Waals surface area contributed by atoms with Gasteiger partial charge in [-0.1, -0.05) is 12.1 Å². The minimum absolute atomic E-state index is 0.0970. The number of benzene rings is 1. The second-order valence-corrected chi connectivity index (χ2v) is 5.60. The molecule has 0 saturated heterocycles. The predicted molar refractivity (Wildman–Crippen MR) is 77.4 cm³/mol. The van der Waals surface area contributed by atoms with Crippen LogP contribution in [0.2, 0.25) is 0 Å². The van der Waals surface area contributed by atoms with Crippen LogP contribution in [0.4, 0.5) is 0 Å². The van der Waals surface area contributed by atoms with Gasteiger partial charge in [0.05, 0.1) is 6.61 Å². The van der Waals surface area contributed by atoms with Crippen molar-refractivity contribution in [1.29, 1.82) is 0 Å². The first-order valence-corrected chi connectivity index (χ1v) is 7.36. The molecule has 0 radical (unpaired) electrons. The van der Waals surface area contributed by atoms with Gasteiger partial charge in [-0.05, 0) is 62.3 Å². The molecule has 0 heterocycles. The van der Waals surface area contributed by atoms with E-state index in [-0.39, 0.29) is 11.6 Å². The fourth-order valence-electron chi connectivity index (χ4n) is 2.57. The molecule has 0 N–H and O–H groups in total. The number of carbonyl (C=O) groups is 1. The van der Waals surface area contributed by atoms with Crippen molar-refractivity contribution in [3.8, 4) is 5.75 Å². The third-order valence-corrected chi connectivity index (χ3v) is 3.97. The van der Waals surface area contributed by atoms with Crippen LogP contribution in [-0.4, -0.2) is 18.2 Å². The Balaban J connectivity index is 1.55. The lowest BCUT2D eigenvalue weighted by atomic mass is 10.2. The fourth-order valence-corrected chi connectivity index (χ4v) is 2.57. The van der Waals surface area contributed by atoms with Crippen molar-refractivity contribution in [2.75, 3.05) is 6.61 Å².